The largest absolute Gasteiger partial charge is 0.497 e. The zero-order valence-corrected chi connectivity index (χ0v) is 15.5. The third-order valence-electron chi connectivity index (χ3n) is 5.00. The number of carbonyl (C=O) groups is 1. The van der Waals surface area contributed by atoms with E-state index in [1.54, 1.807) is 7.11 Å². The minimum atomic E-state index is -0.101. The Morgan fingerprint density at radius 1 is 1.07 bits per heavy atom. The number of nitrogens with one attached hydrogen (secondary N) is 2. The van der Waals surface area contributed by atoms with Gasteiger partial charge in [-0.2, -0.15) is 5.10 Å². The molecule has 0 atom stereocenters. The summed E-state index contributed by atoms with van der Waals surface area (Å²) in [6, 6.07) is 13.9. The van der Waals surface area contributed by atoms with Crippen LogP contribution in [0.3, 0.4) is 0 Å². The summed E-state index contributed by atoms with van der Waals surface area (Å²) in [6.45, 7) is 3.23. The summed E-state index contributed by atoms with van der Waals surface area (Å²) in [5.41, 5.74) is 3.05. The molecule has 2 N–H and O–H groups in total. The van der Waals surface area contributed by atoms with E-state index in [1.165, 1.54) is 0 Å². The molecule has 1 aromatic heterocycles. The molecule has 0 unspecified atom stereocenters. The quantitative estimate of drug-likeness (QED) is 0.748. The first kappa shape index (κ1) is 17.4. The molecule has 0 bridgehead atoms. The maximum Gasteiger partial charge on any atom is 0.323 e. The Morgan fingerprint density at radius 3 is 2.48 bits per heavy atom. The number of rotatable bonds is 3. The molecule has 4 rings (SSSR count). The van der Waals surface area contributed by atoms with E-state index in [1.807, 2.05) is 47.4 Å². The molecule has 7 nitrogen and oxygen atoms in total. The number of aromatic nitrogens is 2. The lowest BCUT2D eigenvalue weighted by molar-refractivity contribution is 0.164. The molecular weight excluding hydrogens is 342 g/mol. The first-order valence-corrected chi connectivity index (χ1v) is 9.01. The van der Waals surface area contributed by atoms with E-state index in [-0.39, 0.29) is 6.03 Å². The van der Waals surface area contributed by atoms with Gasteiger partial charge in [-0.3, -0.25) is 10.4 Å². The highest BCUT2D eigenvalue weighted by molar-refractivity contribution is 6.00. The molecule has 0 aliphatic carbocycles. The van der Waals surface area contributed by atoms with E-state index < -0.39 is 0 Å². The summed E-state index contributed by atoms with van der Waals surface area (Å²) in [7, 11) is 3.72. The third kappa shape index (κ3) is 3.59. The minimum absolute atomic E-state index is 0.101. The van der Waals surface area contributed by atoms with Gasteiger partial charge in [0.25, 0.3) is 0 Å². The first-order valence-electron chi connectivity index (χ1n) is 9.01. The fraction of sp³-hybridized carbons (Fsp3) is 0.300. The van der Waals surface area contributed by atoms with E-state index in [2.05, 4.69) is 27.5 Å². The number of hydrogen-bond acceptors (Lipinski definition) is 4. The van der Waals surface area contributed by atoms with Crippen LogP contribution in [0.5, 0.6) is 5.75 Å². The first-order chi connectivity index (χ1) is 13.1. The van der Waals surface area contributed by atoms with Crippen molar-refractivity contribution in [2.24, 2.45) is 0 Å². The number of hydrogen-bond donors (Lipinski definition) is 2. The number of carbonyl (C=O) groups excluding carboxylic acids is 1. The Bertz CT molecular complexity index is 943. The predicted molar refractivity (Wildman–Crippen MR) is 106 cm³/mol. The van der Waals surface area contributed by atoms with Crippen molar-refractivity contribution in [3.63, 3.8) is 0 Å². The highest BCUT2D eigenvalue weighted by Crippen LogP contribution is 2.28. The summed E-state index contributed by atoms with van der Waals surface area (Å²) in [6.07, 6.45) is 0. The molecule has 7 heteroatoms. The number of likely N-dealkylation sites (N-methyl/N-ethyl adjacent to an activating group) is 1. The Hall–Kier alpha value is -3.06. The number of aromatic amines is 1. The molecule has 3 aromatic rings. The molecule has 1 aliphatic rings. The number of amides is 2. The van der Waals surface area contributed by atoms with Crippen molar-refractivity contribution in [2.45, 2.75) is 0 Å². The maximum absolute atomic E-state index is 12.5. The maximum atomic E-state index is 12.5. The van der Waals surface area contributed by atoms with Gasteiger partial charge < -0.3 is 14.5 Å². The molecule has 1 aliphatic heterocycles. The van der Waals surface area contributed by atoms with Crippen LogP contribution in [0.25, 0.3) is 22.0 Å². The number of benzene rings is 2. The van der Waals surface area contributed by atoms with Gasteiger partial charge in [-0.15, -0.1) is 0 Å². The van der Waals surface area contributed by atoms with Crippen LogP contribution in [0.2, 0.25) is 0 Å². The van der Waals surface area contributed by atoms with Gasteiger partial charge in [0.15, 0.2) is 5.82 Å². The van der Waals surface area contributed by atoms with Crippen molar-refractivity contribution < 1.29 is 9.53 Å². The van der Waals surface area contributed by atoms with Crippen molar-refractivity contribution in [3.8, 4) is 16.9 Å². The number of fused-ring (bicyclic) bond motifs is 1. The smallest absolute Gasteiger partial charge is 0.323 e. The van der Waals surface area contributed by atoms with Crippen LogP contribution in [-0.2, 0) is 0 Å². The number of piperazine rings is 1. The van der Waals surface area contributed by atoms with Gasteiger partial charge in [0, 0.05) is 31.6 Å². The van der Waals surface area contributed by atoms with Gasteiger partial charge in [0.2, 0.25) is 0 Å². The Labute approximate surface area is 157 Å². The van der Waals surface area contributed by atoms with Gasteiger partial charge in [0.1, 0.15) is 5.75 Å². The van der Waals surface area contributed by atoms with Crippen molar-refractivity contribution in [2.75, 3.05) is 45.7 Å². The van der Waals surface area contributed by atoms with E-state index in [9.17, 15) is 4.79 Å². The normalized spacial score (nSPS) is 15.1. The summed E-state index contributed by atoms with van der Waals surface area (Å²) in [5.74, 6) is 1.39. The number of H-pyrrole nitrogens is 1. The van der Waals surface area contributed by atoms with E-state index in [0.29, 0.717) is 5.82 Å². The Kier molecular flexibility index (Phi) is 4.68. The van der Waals surface area contributed by atoms with Crippen molar-refractivity contribution in [3.05, 3.63) is 42.5 Å². The Balaban J connectivity index is 1.52. The van der Waals surface area contributed by atoms with Gasteiger partial charge in [-0.25, -0.2) is 4.79 Å². The molecule has 0 radical (unpaired) electrons. The lowest BCUT2D eigenvalue weighted by Gasteiger charge is -2.32. The number of urea groups is 1. The molecule has 27 heavy (non-hydrogen) atoms. The topological polar surface area (TPSA) is 73.5 Å². The lowest BCUT2D eigenvalue weighted by atomic mass is 10.0. The molecule has 2 aromatic carbocycles. The van der Waals surface area contributed by atoms with Gasteiger partial charge in [-0.1, -0.05) is 18.2 Å². The Morgan fingerprint density at radius 2 is 1.78 bits per heavy atom. The van der Waals surface area contributed by atoms with Crippen LogP contribution >= 0.6 is 0 Å². The average Bonchev–Trinajstić information content (AvgIpc) is 3.10. The number of nitrogens with zero attached hydrogens (tertiary/aromatic N) is 3. The predicted octanol–water partition coefficient (Wildman–Crippen LogP) is 3.02. The van der Waals surface area contributed by atoms with E-state index in [4.69, 9.17) is 4.74 Å². The highest BCUT2D eigenvalue weighted by Gasteiger charge is 2.20. The third-order valence-corrected chi connectivity index (χ3v) is 5.00. The average molecular weight is 365 g/mol. The molecule has 2 heterocycles. The SMILES string of the molecule is COc1ccc(-c2ccc3c(NC(=O)N4CCN(C)CC4)n[nH]c3c2)cc1. The van der Waals surface area contributed by atoms with Crippen LogP contribution in [-0.4, -0.2) is 66.4 Å². The van der Waals surface area contributed by atoms with Gasteiger partial charge in [-0.05, 0) is 42.4 Å². The summed E-state index contributed by atoms with van der Waals surface area (Å²) < 4.78 is 5.21. The second-order valence-corrected chi connectivity index (χ2v) is 6.78. The lowest BCUT2D eigenvalue weighted by Crippen LogP contribution is -2.48. The van der Waals surface area contributed by atoms with Gasteiger partial charge >= 0.3 is 6.03 Å². The van der Waals surface area contributed by atoms with Crippen LogP contribution in [0.1, 0.15) is 0 Å². The second kappa shape index (κ2) is 7.28. The van der Waals surface area contributed by atoms with Crippen LogP contribution < -0.4 is 10.1 Å². The van der Waals surface area contributed by atoms with Crippen LogP contribution in [0.15, 0.2) is 42.5 Å². The molecule has 1 saturated heterocycles. The number of ether oxygens (including phenoxy) is 1. The van der Waals surface area contributed by atoms with Crippen molar-refractivity contribution in [1.29, 1.82) is 0 Å². The van der Waals surface area contributed by atoms with Crippen molar-refractivity contribution >= 4 is 22.8 Å². The molecule has 2 amide bonds. The van der Waals surface area contributed by atoms with Crippen LogP contribution in [0, 0.1) is 0 Å². The molecule has 140 valence electrons. The standard InChI is InChI=1S/C20H23N5O2/c1-24-9-11-25(12-10-24)20(26)21-19-17-8-5-15(13-18(17)22-23-19)14-3-6-16(27-2)7-4-14/h3-8,13H,9-12H2,1-2H3,(H2,21,22,23,26). The van der Waals surface area contributed by atoms with E-state index in [0.717, 1.165) is 54.0 Å². The summed E-state index contributed by atoms with van der Waals surface area (Å²) >= 11 is 0. The minimum Gasteiger partial charge on any atom is -0.497 e. The molecular formula is C20H23N5O2. The fourth-order valence-corrected chi connectivity index (χ4v) is 3.27. The molecule has 0 spiro atoms. The highest BCUT2D eigenvalue weighted by atomic mass is 16.5. The zero-order valence-electron chi connectivity index (χ0n) is 15.5. The molecule has 1 fully saturated rings. The number of methoxy groups -OCH3 is 1. The summed E-state index contributed by atoms with van der Waals surface area (Å²) in [5, 5.41) is 11.1. The van der Waals surface area contributed by atoms with Gasteiger partial charge in [0.05, 0.1) is 12.6 Å². The monoisotopic (exact) mass is 365 g/mol. The second-order valence-electron chi connectivity index (χ2n) is 6.78. The van der Waals surface area contributed by atoms with Crippen LogP contribution in [0.4, 0.5) is 10.6 Å². The zero-order chi connectivity index (χ0) is 18.8. The summed E-state index contributed by atoms with van der Waals surface area (Å²) in [4.78, 5) is 16.5. The fourth-order valence-electron chi connectivity index (χ4n) is 3.27. The number of anilines is 1. The molecule has 0 saturated carbocycles. The van der Waals surface area contributed by atoms with Crippen molar-refractivity contribution in [1.82, 2.24) is 20.0 Å². The van der Waals surface area contributed by atoms with E-state index >= 15 is 0 Å².